The van der Waals surface area contributed by atoms with Crippen LogP contribution in [-0.2, 0) is 0 Å². The molecule has 0 bridgehead atoms. The molecule has 1 atom stereocenters. The summed E-state index contributed by atoms with van der Waals surface area (Å²) in [4.78, 5) is 1.15. The summed E-state index contributed by atoms with van der Waals surface area (Å²) in [7, 11) is 0. The lowest BCUT2D eigenvalue weighted by Crippen LogP contribution is -2.30. The fraction of sp³-hybridized carbons (Fsp3) is 0.143. The van der Waals surface area contributed by atoms with Crippen LogP contribution in [0.3, 0.4) is 0 Å². The first-order chi connectivity index (χ1) is 8.81. The van der Waals surface area contributed by atoms with E-state index in [2.05, 4.69) is 5.43 Å². The van der Waals surface area contributed by atoms with Crippen molar-refractivity contribution in [2.24, 2.45) is 5.84 Å². The van der Waals surface area contributed by atoms with E-state index in [4.69, 9.17) is 5.84 Å². The highest BCUT2D eigenvalue weighted by molar-refractivity contribution is 7.99. The molecule has 94 valence electrons. The fourth-order valence-electron chi connectivity index (χ4n) is 1.68. The molecule has 1 unspecified atom stereocenters. The van der Waals surface area contributed by atoms with Gasteiger partial charge >= 0.3 is 0 Å². The van der Waals surface area contributed by atoms with Crippen molar-refractivity contribution in [1.82, 2.24) is 5.43 Å². The Balaban J connectivity index is 2.04. The Morgan fingerprint density at radius 1 is 1.06 bits per heavy atom. The third-order valence-electron chi connectivity index (χ3n) is 2.64. The summed E-state index contributed by atoms with van der Waals surface area (Å²) in [5, 5.41) is 0. The molecule has 18 heavy (non-hydrogen) atoms. The summed E-state index contributed by atoms with van der Waals surface area (Å²) >= 11 is 1.65. The highest BCUT2D eigenvalue weighted by Crippen LogP contribution is 2.25. The molecule has 0 saturated heterocycles. The molecule has 2 aromatic carbocycles. The third-order valence-corrected chi connectivity index (χ3v) is 3.75. The molecule has 0 amide bonds. The third kappa shape index (κ3) is 3.32. The molecular weight excluding hydrogens is 247 g/mol. The van der Waals surface area contributed by atoms with E-state index < -0.39 is 0 Å². The summed E-state index contributed by atoms with van der Waals surface area (Å²) in [6.07, 6.45) is 0. The van der Waals surface area contributed by atoms with E-state index in [1.165, 1.54) is 6.07 Å². The summed E-state index contributed by atoms with van der Waals surface area (Å²) in [5.74, 6) is 5.96. The molecule has 2 rings (SSSR count). The van der Waals surface area contributed by atoms with Crippen LogP contribution >= 0.6 is 11.8 Å². The number of hydrogen-bond acceptors (Lipinski definition) is 3. The van der Waals surface area contributed by atoms with Crippen LogP contribution in [0.4, 0.5) is 4.39 Å². The molecular formula is C14H15FN2S. The largest absolute Gasteiger partial charge is 0.271 e. The van der Waals surface area contributed by atoms with Crippen molar-refractivity contribution in [2.45, 2.75) is 10.9 Å². The number of thioether (sulfide) groups is 1. The lowest BCUT2D eigenvalue weighted by atomic mass is 10.1. The smallest absolute Gasteiger partial charge is 0.128 e. The van der Waals surface area contributed by atoms with E-state index in [9.17, 15) is 4.39 Å². The average Bonchev–Trinajstić information content (AvgIpc) is 2.42. The maximum absolute atomic E-state index is 13.6. The van der Waals surface area contributed by atoms with Gasteiger partial charge in [-0.25, -0.2) is 4.39 Å². The van der Waals surface area contributed by atoms with Crippen molar-refractivity contribution in [3.8, 4) is 0 Å². The molecule has 0 radical (unpaired) electrons. The molecule has 0 heterocycles. The van der Waals surface area contributed by atoms with E-state index in [0.29, 0.717) is 11.3 Å². The van der Waals surface area contributed by atoms with Gasteiger partial charge in [-0.2, -0.15) is 0 Å². The molecule has 0 aliphatic carbocycles. The molecule has 0 fully saturated rings. The summed E-state index contributed by atoms with van der Waals surface area (Å²) < 4.78 is 13.6. The summed E-state index contributed by atoms with van der Waals surface area (Å²) in [6.45, 7) is 0. The second-order valence-electron chi connectivity index (χ2n) is 3.86. The lowest BCUT2D eigenvalue weighted by molar-refractivity contribution is 0.546. The van der Waals surface area contributed by atoms with Crippen LogP contribution in [0.25, 0.3) is 0 Å². The van der Waals surface area contributed by atoms with Crippen molar-refractivity contribution in [1.29, 1.82) is 0 Å². The molecule has 2 aromatic rings. The monoisotopic (exact) mass is 262 g/mol. The van der Waals surface area contributed by atoms with E-state index in [-0.39, 0.29) is 11.9 Å². The zero-order chi connectivity index (χ0) is 12.8. The minimum atomic E-state index is -0.228. The van der Waals surface area contributed by atoms with Crippen molar-refractivity contribution in [2.75, 3.05) is 5.75 Å². The summed E-state index contributed by atoms with van der Waals surface area (Å²) in [5.41, 5.74) is 3.27. The van der Waals surface area contributed by atoms with Crippen molar-refractivity contribution < 1.29 is 4.39 Å². The van der Waals surface area contributed by atoms with Gasteiger partial charge in [0.25, 0.3) is 0 Å². The van der Waals surface area contributed by atoms with Gasteiger partial charge in [0.2, 0.25) is 0 Å². The number of benzene rings is 2. The van der Waals surface area contributed by atoms with Crippen LogP contribution in [0.5, 0.6) is 0 Å². The van der Waals surface area contributed by atoms with Crippen molar-refractivity contribution in [3.63, 3.8) is 0 Å². The first-order valence-corrected chi connectivity index (χ1v) is 6.68. The number of nitrogens with one attached hydrogen (secondary N) is 1. The van der Waals surface area contributed by atoms with Gasteiger partial charge in [-0.1, -0.05) is 36.4 Å². The zero-order valence-electron chi connectivity index (χ0n) is 9.84. The Morgan fingerprint density at radius 2 is 1.72 bits per heavy atom. The highest BCUT2D eigenvalue weighted by atomic mass is 32.2. The van der Waals surface area contributed by atoms with Gasteiger partial charge in [-0.3, -0.25) is 11.3 Å². The van der Waals surface area contributed by atoms with Gasteiger partial charge in [-0.05, 0) is 18.2 Å². The van der Waals surface area contributed by atoms with Gasteiger partial charge in [0.15, 0.2) is 0 Å². The van der Waals surface area contributed by atoms with Crippen LogP contribution in [-0.4, -0.2) is 5.75 Å². The van der Waals surface area contributed by atoms with Gasteiger partial charge in [-0.15, -0.1) is 11.8 Å². The van der Waals surface area contributed by atoms with E-state index >= 15 is 0 Å². The number of nitrogens with two attached hydrogens (primary N) is 1. The van der Waals surface area contributed by atoms with Crippen molar-refractivity contribution in [3.05, 3.63) is 66.0 Å². The zero-order valence-corrected chi connectivity index (χ0v) is 10.7. The minimum absolute atomic E-state index is 0.198. The predicted octanol–water partition coefficient (Wildman–Crippen LogP) is 3.12. The standard InChI is InChI=1S/C14H15FN2S/c15-13-9-5-4-8-12(13)14(17-16)10-18-11-6-2-1-3-7-11/h1-9,14,17H,10,16H2. The number of hydrazine groups is 1. The molecule has 4 heteroatoms. The number of halogens is 1. The molecule has 2 nitrogen and oxygen atoms in total. The number of hydrogen-bond donors (Lipinski definition) is 2. The Labute approximate surface area is 110 Å². The quantitative estimate of drug-likeness (QED) is 0.494. The van der Waals surface area contributed by atoms with Gasteiger partial charge in [0.05, 0.1) is 6.04 Å². The van der Waals surface area contributed by atoms with Crippen molar-refractivity contribution >= 4 is 11.8 Å². The molecule has 0 aliphatic heterocycles. The minimum Gasteiger partial charge on any atom is -0.271 e. The van der Waals surface area contributed by atoms with E-state index in [1.807, 2.05) is 36.4 Å². The first kappa shape index (κ1) is 13.1. The van der Waals surface area contributed by atoms with Crippen LogP contribution in [0.15, 0.2) is 59.5 Å². The van der Waals surface area contributed by atoms with Crippen LogP contribution in [0.1, 0.15) is 11.6 Å². The van der Waals surface area contributed by atoms with Gasteiger partial charge < -0.3 is 0 Å². The van der Waals surface area contributed by atoms with E-state index in [0.717, 1.165) is 4.90 Å². The normalized spacial score (nSPS) is 12.3. The topological polar surface area (TPSA) is 38.0 Å². The molecule has 0 spiro atoms. The van der Waals surface area contributed by atoms with Gasteiger partial charge in [0.1, 0.15) is 5.82 Å². The van der Waals surface area contributed by atoms with E-state index in [1.54, 1.807) is 23.9 Å². The Hall–Kier alpha value is -1.36. The second-order valence-corrected chi connectivity index (χ2v) is 4.96. The molecule has 0 saturated carbocycles. The maximum Gasteiger partial charge on any atom is 0.128 e. The van der Waals surface area contributed by atoms with Gasteiger partial charge in [0, 0.05) is 16.2 Å². The summed E-state index contributed by atoms with van der Waals surface area (Å²) in [6, 6.07) is 16.5. The SMILES string of the molecule is NNC(CSc1ccccc1)c1ccccc1F. The Morgan fingerprint density at radius 3 is 2.39 bits per heavy atom. The predicted molar refractivity (Wildman–Crippen MR) is 73.6 cm³/mol. The average molecular weight is 262 g/mol. The Bertz CT molecular complexity index is 490. The van der Waals surface area contributed by atoms with Crippen LogP contribution < -0.4 is 11.3 Å². The molecule has 0 aliphatic rings. The fourth-order valence-corrected chi connectivity index (χ4v) is 2.67. The highest BCUT2D eigenvalue weighted by Gasteiger charge is 2.13. The van der Waals surface area contributed by atoms with Crippen LogP contribution in [0.2, 0.25) is 0 Å². The number of rotatable bonds is 5. The Kier molecular flexibility index (Phi) is 4.75. The molecule has 0 aromatic heterocycles. The van der Waals surface area contributed by atoms with Crippen LogP contribution in [0, 0.1) is 5.82 Å². The first-order valence-electron chi connectivity index (χ1n) is 5.69. The second kappa shape index (κ2) is 6.54. The lowest BCUT2D eigenvalue weighted by Gasteiger charge is -2.16. The maximum atomic E-state index is 13.6. The molecule has 3 N–H and O–H groups in total.